The molecule has 0 aliphatic rings. The maximum absolute atomic E-state index is 12.1. The zero-order valence-electron chi connectivity index (χ0n) is 12.8. The van der Waals surface area contributed by atoms with Gasteiger partial charge in [0.15, 0.2) is 6.61 Å². The number of aliphatic carboxylic acids is 1. The molecule has 122 valence electrons. The van der Waals surface area contributed by atoms with Crippen LogP contribution in [0.5, 0.6) is 0 Å². The molecule has 0 spiro atoms. The van der Waals surface area contributed by atoms with Crippen molar-refractivity contribution in [2.75, 3.05) is 6.61 Å². The van der Waals surface area contributed by atoms with Gasteiger partial charge in [0.05, 0.1) is 28.2 Å². The van der Waals surface area contributed by atoms with Crippen LogP contribution in [0.25, 0.3) is 22.1 Å². The Balaban J connectivity index is 2.17. The van der Waals surface area contributed by atoms with Gasteiger partial charge in [0.25, 0.3) is 0 Å². The zero-order valence-corrected chi connectivity index (χ0v) is 12.8. The Morgan fingerprint density at radius 2 is 1.71 bits per heavy atom. The van der Waals surface area contributed by atoms with E-state index in [1.54, 1.807) is 37.3 Å². The minimum absolute atomic E-state index is 0.144. The normalized spacial score (nSPS) is 12.2. The number of carbonyl (C=O) groups is 2. The highest BCUT2D eigenvalue weighted by molar-refractivity contribution is 6.04. The average Bonchev–Trinajstić information content (AvgIpc) is 2.56. The molecule has 1 heterocycles. The smallest absolute Gasteiger partial charge is 0.341 e. The van der Waals surface area contributed by atoms with Crippen LogP contribution in [0.15, 0.2) is 36.4 Å². The minimum atomic E-state index is -1.23. The number of carboxylic acid groups (broad SMARTS) is 1. The quantitative estimate of drug-likeness (QED) is 0.558. The number of rotatable bonds is 4. The van der Waals surface area contributed by atoms with Gasteiger partial charge in [-0.1, -0.05) is 18.2 Å². The standard InChI is InChI=1S/C17H14N2O5/c1-9(20)10-4-2-6-12-15(10)18-13-7-3-5-11(16(13)19-12)17(23)24-8-14(21)22/h2-7,9,20H,8H2,1H3,(H,21,22). The van der Waals surface area contributed by atoms with Gasteiger partial charge in [-0.05, 0) is 25.1 Å². The van der Waals surface area contributed by atoms with Gasteiger partial charge in [0, 0.05) is 5.56 Å². The minimum Gasteiger partial charge on any atom is -0.479 e. The van der Waals surface area contributed by atoms with E-state index in [4.69, 9.17) is 9.84 Å². The van der Waals surface area contributed by atoms with Crippen LogP contribution in [0.4, 0.5) is 0 Å². The molecule has 0 aliphatic heterocycles. The molecule has 0 radical (unpaired) electrons. The molecule has 7 nitrogen and oxygen atoms in total. The second-order valence-electron chi connectivity index (χ2n) is 5.26. The molecule has 0 saturated heterocycles. The van der Waals surface area contributed by atoms with Crippen LogP contribution in [0.1, 0.15) is 28.9 Å². The highest BCUT2D eigenvalue weighted by Gasteiger charge is 2.17. The van der Waals surface area contributed by atoms with Crippen LogP contribution < -0.4 is 0 Å². The van der Waals surface area contributed by atoms with Crippen LogP contribution in [0.2, 0.25) is 0 Å². The number of aliphatic hydroxyl groups excluding tert-OH is 1. The van der Waals surface area contributed by atoms with E-state index < -0.39 is 24.6 Å². The highest BCUT2D eigenvalue weighted by atomic mass is 16.5. The molecule has 24 heavy (non-hydrogen) atoms. The van der Waals surface area contributed by atoms with Crippen LogP contribution in [0, 0.1) is 0 Å². The van der Waals surface area contributed by atoms with Crippen molar-refractivity contribution in [2.45, 2.75) is 13.0 Å². The van der Waals surface area contributed by atoms with E-state index >= 15 is 0 Å². The first-order chi connectivity index (χ1) is 11.5. The summed E-state index contributed by atoms with van der Waals surface area (Å²) in [5.41, 5.74) is 2.64. The molecule has 1 unspecified atom stereocenters. The van der Waals surface area contributed by atoms with Crippen LogP contribution in [-0.4, -0.2) is 38.7 Å². The summed E-state index contributed by atoms with van der Waals surface area (Å²) < 4.78 is 4.73. The van der Waals surface area contributed by atoms with Crippen LogP contribution in [0.3, 0.4) is 0 Å². The Bertz CT molecular complexity index is 952. The molecule has 0 bridgehead atoms. The summed E-state index contributed by atoms with van der Waals surface area (Å²) in [5, 5.41) is 18.5. The first-order valence-corrected chi connectivity index (χ1v) is 7.23. The number of aliphatic hydroxyl groups is 1. The van der Waals surface area contributed by atoms with Crippen molar-refractivity contribution in [1.29, 1.82) is 0 Å². The lowest BCUT2D eigenvalue weighted by Crippen LogP contribution is -2.13. The van der Waals surface area contributed by atoms with Crippen molar-refractivity contribution in [3.63, 3.8) is 0 Å². The predicted molar refractivity (Wildman–Crippen MR) is 85.6 cm³/mol. The van der Waals surface area contributed by atoms with E-state index in [0.29, 0.717) is 27.6 Å². The summed E-state index contributed by atoms with van der Waals surface area (Å²) in [6.45, 7) is 0.919. The fourth-order valence-electron chi connectivity index (χ4n) is 2.45. The molecule has 7 heteroatoms. The van der Waals surface area contributed by atoms with Gasteiger partial charge < -0.3 is 14.9 Å². The number of carbonyl (C=O) groups excluding carboxylic acids is 1. The van der Waals surface area contributed by atoms with Crippen molar-refractivity contribution in [2.24, 2.45) is 0 Å². The molecule has 2 N–H and O–H groups in total. The van der Waals surface area contributed by atoms with Gasteiger partial charge in [-0.15, -0.1) is 0 Å². The van der Waals surface area contributed by atoms with Crippen molar-refractivity contribution >= 4 is 34.0 Å². The molecule has 0 saturated carbocycles. The molecule has 0 fully saturated rings. The van der Waals surface area contributed by atoms with E-state index in [-0.39, 0.29) is 5.56 Å². The third kappa shape index (κ3) is 2.89. The number of aromatic nitrogens is 2. The van der Waals surface area contributed by atoms with Gasteiger partial charge in [-0.25, -0.2) is 19.6 Å². The van der Waals surface area contributed by atoms with E-state index in [1.807, 2.05) is 0 Å². The zero-order chi connectivity index (χ0) is 17.3. The van der Waals surface area contributed by atoms with E-state index in [0.717, 1.165) is 0 Å². The maximum atomic E-state index is 12.1. The van der Waals surface area contributed by atoms with E-state index in [1.165, 1.54) is 6.07 Å². The predicted octanol–water partition coefficient (Wildman–Crippen LogP) is 2.08. The van der Waals surface area contributed by atoms with Crippen molar-refractivity contribution in [3.8, 4) is 0 Å². The molecule has 0 amide bonds. The maximum Gasteiger partial charge on any atom is 0.341 e. The molecule has 3 rings (SSSR count). The summed E-state index contributed by atoms with van der Waals surface area (Å²) in [7, 11) is 0. The Labute approximate surface area is 136 Å². The Morgan fingerprint density at radius 1 is 1.08 bits per heavy atom. The van der Waals surface area contributed by atoms with Crippen LogP contribution in [-0.2, 0) is 9.53 Å². The average molecular weight is 326 g/mol. The largest absolute Gasteiger partial charge is 0.479 e. The first kappa shape index (κ1) is 15.8. The molecular weight excluding hydrogens is 312 g/mol. The Kier molecular flexibility index (Phi) is 4.09. The molecule has 0 aliphatic carbocycles. The van der Waals surface area contributed by atoms with Crippen LogP contribution >= 0.6 is 0 Å². The number of hydrogen-bond acceptors (Lipinski definition) is 6. The number of para-hydroxylation sites is 2. The van der Waals surface area contributed by atoms with Crippen molar-refractivity contribution < 1.29 is 24.5 Å². The second-order valence-corrected chi connectivity index (χ2v) is 5.26. The summed E-state index contributed by atoms with van der Waals surface area (Å²) in [4.78, 5) is 31.6. The Morgan fingerprint density at radius 3 is 2.38 bits per heavy atom. The lowest BCUT2D eigenvalue weighted by Gasteiger charge is -2.10. The highest BCUT2D eigenvalue weighted by Crippen LogP contribution is 2.25. The lowest BCUT2D eigenvalue weighted by atomic mass is 10.1. The lowest BCUT2D eigenvalue weighted by molar-refractivity contribution is -0.140. The number of benzene rings is 2. The molecule has 3 aromatic rings. The fourth-order valence-corrected chi connectivity index (χ4v) is 2.45. The van der Waals surface area contributed by atoms with Gasteiger partial charge in [0.1, 0.15) is 5.52 Å². The van der Waals surface area contributed by atoms with Crippen molar-refractivity contribution in [3.05, 3.63) is 47.5 Å². The molecule has 1 aromatic heterocycles. The third-order valence-electron chi connectivity index (χ3n) is 3.52. The summed E-state index contributed by atoms with van der Waals surface area (Å²) in [6, 6.07) is 10.0. The summed E-state index contributed by atoms with van der Waals surface area (Å²) in [6.07, 6.45) is -0.704. The number of carboxylic acids is 1. The fraction of sp³-hybridized carbons (Fsp3) is 0.176. The van der Waals surface area contributed by atoms with Crippen molar-refractivity contribution in [1.82, 2.24) is 9.97 Å². The first-order valence-electron chi connectivity index (χ1n) is 7.23. The topological polar surface area (TPSA) is 110 Å². The third-order valence-corrected chi connectivity index (χ3v) is 3.52. The number of hydrogen-bond donors (Lipinski definition) is 2. The summed E-state index contributed by atoms with van der Waals surface area (Å²) in [5.74, 6) is -2.01. The monoisotopic (exact) mass is 326 g/mol. The number of fused-ring (bicyclic) bond motifs is 2. The summed E-state index contributed by atoms with van der Waals surface area (Å²) >= 11 is 0. The number of nitrogens with zero attached hydrogens (tertiary/aromatic N) is 2. The number of ether oxygens (including phenoxy) is 1. The molecule has 1 atom stereocenters. The molecule has 2 aromatic carbocycles. The second kappa shape index (κ2) is 6.21. The van der Waals surface area contributed by atoms with Gasteiger partial charge in [-0.3, -0.25) is 0 Å². The van der Waals surface area contributed by atoms with Gasteiger partial charge in [-0.2, -0.15) is 0 Å². The van der Waals surface area contributed by atoms with E-state index in [2.05, 4.69) is 9.97 Å². The van der Waals surface area contributed by atoms with E-state index in [9.17, 15) is 14.7 Å². The molecular formula is C17H14N2O5. The van der Waals surface area contributed by atoms with Gasteiger partial charge >= 0.3 is 11.9 Å². The Hall–Kier alpha value is -3.06. The SMILES string of the molecule is CC(O)c1cccc2nc3c(C(=O)OCC(=O)O)cccc3nc12. The number of esters is 1. The van der Waals surface area contributed by atoms with Gasteiger partial charge in [0.2, 0.25) is 0 Å².